The molecule has 0 saturated carbocycles. The van der Waals surface area contributed by atoms with Crippen molar-refractivity contribution in [3.63, 3.8) is 0 Å². The van der Waals surface area contributed by atoms with Gasteiger partial charge in [0.25, 0.3) is 0 Å². The number of aryl methyl sites for hydroxylation is 1. The first kappa shape index (κ1) is 17.0. The summed E-state index contributed by atoms with van der Waals surface area (Å²) >= 11 is 0. The number of methoxy groups -OCH3 is 1. The summed E-state index contributed by atoms with van der Waals surface area (Å²) < 4.78 is 5.31. The van der Waals surface area contributed by atoms with E-state index in [0.717, 1.165) is 24.1 Å². The van der Waals surface area contributed by atoms with Crippen LogP contribution in [0.4, 0.5) is 0 Å². The minimum Gasteiger partial charge on any atom is -0.497 e. The highest BCUT2D eigenvalue weighted by atomic mass is 16.5. The van der Waals surface area contributed by atoms with E-state index in [1.165, 1.54) is 5.56 Å². The predicted molar refractivity (Wildman–Crippen MR) is 107 cm³/mol. The Hall–Kier alpha value is -3.48. The molecule has 0 saturated heterocycles. The summed E-state index contributed by atoms with van der Waals surface area (Å²) in [6.07, 6.45) is 1.72. The fourth-order valence-electron chi connectivity index (χ4n) is 3.57. The van der Waals surface area contributed by atoms with Crippen LogP contribution in [0.5, 0.6) is 5.75 Å². The van der Waals surface area contributed by atoms with Gasteiger partial charge in [-0.25, -0.2) is 9.98 Å². The number of amidine groups is 2. The topological polar surface area (TPSA) is 122 Å². The fraction of sp³-hybridized carbons (Fsp3) is 0.200. The van der Waals surface area contributed by atoms with Crippen molar-refractivity contribution in [2.75, 3.05) is 7.11 Å². The molecule has 7 nitrogen and oxygen atoms in total. The number of nitrogens with two attached hydrogens (primary N) is 2. The van der Waals surface area contributed by atoms with E-state index in [-0.39, 0.29) is 11.8 Å². The summed E-state index contributed by atoms with van der Waals surface area (Å²) in [4.78, 5) is 13.5. The van der Waals surface area contributed by atoms with Crippen LogP contribution in [-0.2, 0) is 12.0 Å². The van der Waals surface area contributed by atoms with Gasteiger partial charge >= 0.3 is 0 Å². The monoisotopic (exact) mass is 360 g/mol. The van der Waals surface area contributed by atoms with E-state index in [2.05, 4.69) is 16.1 Å². The normalized spacial score (nSPS) is 22.3. The summed E-state index contributed by atoms with van der Waals surface area (Å²) in [5, 5.41) is 8.27. The maximum atomic E-state index is 8.27. The molecule has 2 aliphatic rings. The highest BCUT2D eigenvalue weighted by Crippen LogP contribution is 2.35. The summed E-state index contributed by atoms with van der Waals surface area (Å²) in [5.74, 6) is 0.809. The van der Waals surface area contributed by atoms with Crippen molar-refractivity contribution in [1.82, 2.24) is 0 Å². The Bertz CT molecular complexity index is 1020. The predicted octanol–water partition coefficient (Wildman–Crippen LogP) is 1.99. The molecular formula is C20H20N6O. The highest BCUT2D eigenvalue weighted by Gasteiger charge is 2.46. The molecule has 0 spiro atoms. The van der Waals surface area contributed by atoms with Gasteiger partial charge in [-0.1, -0.05) is 36.4 Å². The number of nitrogens with zero attached hydrogens (tertiary/aromatic N) is 3. The lowest BCUT2D eigenvalue weighted by molar-refractivity contribution is 0.414. The van der Waals surface area contributed by atoms with Crippen molar-refractivity contribution in [2.45, 2.75) is 18.4 Å². The Balaban J connectivity index is 1.86. The van der Waals surface area contributed by atoms with Gasteiger partial charge in [0.1, 0.15) is 11.6 Å². The number of fused-ring (bicyclic) bond motifs is 1. The second kappa shape index (κ2) is 6.35. The molecule has 5 N–H and O–H groups in total. The van der Waals surface area contributed by atoms with Crippen LogP contribution < -0.4 is 16.2 Å². The minimum absolute atomic E-state index is 0.0543. The van der Waals surface area contributed by atoms with Crippen molar-refractivity contribution in [1.29, 1.82) is 5.41 Å². The molecule has 0 fully saturated rings. The van der Waals surface area contributed by atoms with Crippen LogP contribution in [0, 0.1) is 5.41 Å². The van der Waals surface area contributed by atoms with Crippen LogP contribution in [0.15, 0.2) is 63.5 Å². The van der Waals surface area contributed by atoms with E-state index in [4.69, 9.17) is 26.6 Å². The molecule has 0 radical (unpaired) electrons. The van der Waals surface area contributed by atoms with Crippen molar-refractivity contribution >= 4 is 23.3 Å². The molecule has 0 amide bonds. The molecule has 4 rings (SSSR count). The molecule has 1 atom stereocenters. The van der Waals surface area contributed by atoms with E-state index >= 15 is 0 Å². The lowest BCUT2D eigenvalue weighted by Gasteiger charge is -2.25. The molecule has 136 valence electrons. The van der Waals surface area contributed by atoms with Crippen LogP contribution in [0.25, 0.3) is 0 Å². The molecule has 2 aromatic carbocycles. The summed E-state index contributed by atoms with van der Waals surface area (Å²) in [7, 11) is 1.58. The van der Waals surface area contributed by atoms with Gasteiger partial charge in [-0.15, -0.1) is 0 Å². The SMILES string of the molecule is COc1cccc(C2(C(=N)N)N=C(N)N=C2N=C2CCc3ccccc32)c1. The van der Waals surface area contributed by atoms with Crippen molar-refractivity contribution in [2.24, 2.45) is 26.4 Å². The minimum atomic E-state index is -1.34. The second-order valence-corrected chi connectivity index (χ2v) is 6.48. The largest absolute Gasteiger partial charge is 0.497 e. The zero-order valence-corrected chi connectivity index (χ0v) is 14.9. The Labute approximate surface area is 157 Å². The fourth-order valence-corrected chi connectivity index (χ4v) is 3.57. The standard InChI is InChI=1S/C20H20N6O/c1-27-14-7-4-6-13(11-14)20(17(21)22)18(25-19(23)26-20)24-16-10-9-12-5-2-3-8-15(12)16/h2-8,11H,9-10H2,1H3,(H3,21,22)(H2,23,26). The molecule has 1 aliphatic heterocycles. The number of ether oxygens (including phenoxy) is 1. The van der Waals surface area contributed by atoms with E-state index < -0.39 is 5.54 Å². The average Bonchev–Trinajstić information content (AvgIpc) is 3.24. The molecule has 27 heavy (non-hydrogen) atoms. The van der Waals surface area contributed by atoms with Gasteiger partial charge in [-0.05, 0) is 41.7 Å². The van der Waals surface area contributed by atoms with Gasteiger partial charge in [-0.3, -0.25) is 5.41 Å². The van der Waals surface area contributed by atoms with Gasteiger partial charge in [0.2, 0.25) is 11.5 Å². The third-order valence-electron chi connectivity index (χ3n) is 4.90. The van der Waals surface area contributed by atoms with Crippen LogP contribution in [-0.4, -0.2) is 30.5 Å². The average molecular weight is 360 g/mol. The summed E-state index contributed by atoms with van der Waals surface area (Å²) in [5.41, 5.74) is 14.5. The summed E-state index contributed by atoms with van der Waals surface area (Å²) in [6.45, 7) is 0. The first-order chi connectivity index (χ1) is 13.0. The number of rotatable bonds is 3. The smallest absolute Gasteiger partial charge is 0.219 e. The van der Waals surface area contributed by atoms with Gasteiger partial charge in [-0.2, -0.15) is 4.99 Å². The molecule has 1 aliphatic carbocycles. The van der Waals surface area contributed by atoms with Crippen molar-refractivity contribution in [3.8, 4) is 5.75 Å². The Morgan fingerprint density at radius 1 is 1.19 bits per heavy atom. The number of aliphatic imine (C=N–C) groups is 3. The maximum absolute atomic E-state index is 8.27. The first-order valence-corrected chi connectivity index (χ1v) is 8.64. The van der Waals surface area contributed by atoms with Crippen LogP contribution in [0.3, 0.4) is 0 Å². The van der Waals surface area contributed by atoms with Crippen LogP contribution >= 0.6 is 0 Å². The third kappa shape index (κ3) is 2.68. The second-order valence-electron chi connectivity index (χ2n) is 6.48. The number of guanidine groups is 1. The van der Waals surface area contributed by atoms with Crippen molar-refractivity contribution < 1.29 is 4.74 Å². The number of benzene rings is 2. The lowest BCUT2D eigenvalue weighted by Crippen LogP contribution is -2.44. The van der Waals surface area contributed by atoms with E-state index in [0.29, 0.717) is 17.1 Å². The first-order valence-electron chi connectivity index (χ1n) is 8.64. The lowest BCUT2D eigenvalue weighted by atomic mass is 9.88. The molecular weight excluding hydrogens is 340 g/mol. The Morgan fingerprint density at radius 2 is 2.00 bits per heavy atom. The zero-order valence-electron chi connectivity index (χ0n) is 14.9. The number of hydrogen-bond donors (Lipinski definition) is 3. The number of hydrogen-bond acceptors (Lipinski definition) is 6. The molecule has 0 bridgehead atoms. The van der Waals surface area contributed by atoms with Gasteiger partial charge in [0, 0.05) is 0 Å². The number of nitrogens with one attached hydrogen (secondary N) is 1. The quantitative estimate of drug-likeness (QED) is 0.573. The highest BCUT2D eigenvalue weighted by molar-refractivity contribution is 6.24. The molecule has 7 heteroatoms. The van der Waals surface area contributed by atoms with Crippen LogP contribution in [0.2, 0.25) is 0 Å². The third-order valence-corrected chi connectivity index (χ3v) is 4.90. The van der Waals surface area contributed by atoms with Gasteiger partial charge < -0.3 is 16.2 Å². The maximum Gasteiger partial charge on any atom is 0.219 e. The van der Waals surface area contributed by atoms with Crippen molar-refractivity contribution in [3.05, 3.63) is 65.2 Å². The molecule has 1 unspecified atom stereocenters. The molecule has 2 aromatic rings. The van der Waals surface area contributed by atoms with Gasteiger partial charge in [0.15, 0.2) is 5.84 Å². The van der Waals surface area contributed by atoms with Gasteiger partial charge in [0.05, 0.1) is 12.8 Å². The van der Waals surface area contributed by atoms with E-state index in [9.17, 15) is 0 Å². The summed E-state index contributed by atoms with van der Waals surface area (Å²) in [6, 6.07) is 15.4. The Morgan fingerprint density at radius 3 is 2.78 bits per heavy atom. The molecule has 1 heterocycles. The van der Waals surface area contributed by atoms with E-state index in [1.54, 1.807) is 13.2 Å². The van der Waals surface area contributed by atoms with E-state index in [1.807, 2.05) is 36.4 Å². The zero-order chi connectivity index (χ0) is 19.0. The Kier molecular flexibility index (Phi) is 3.99. The van der Waals surface area contributed by atoms with Crippen LogP contribution in [0.1, 0.15) is 23.1 Å². The molecule has 0 aromatic heterocycles.